The van der Waals surface area contributed by atoms with Gasteiger partial charge in [0.25, 0.3) is 0 Å². The number of benzene rings is 4. The molecule has 3 N–H and O–H groups in total. The predicted molar refractivity (Wildman–Crippen MR) is 132 cm³/mol. The lowest BCUT2D eigenvalue weighted by Crippen LogP contribution is -2.10. The summed E-state index contributed by atoms with van der Waals surface area (Å²) in [4.78, 5) is 2.04. The molecule has 0 bridgehead atoms. The fourth-order valence-corrected chi connectivity index (χ4v) is 3.69. The second kappa shape index (κ2) is 8.79. The largest absolute Gasteiger partial charge is 0.508 e. The van der Waals surface area contributed by atoms with E-state index in [4.69, 9.17) is 4.74 Å². The fourth-order valence-electron chi connectivity index (χ4n) is 3.69. The summed E-state index contributed by atoms with van der Waals surface area (Å²) < 4.78 is 6.00. The maximum absolute atomic E-state index is 10.2. The second-order valence-corrected chi connectivity index (χ2v) is 8.23. The maximum atomic E-state index is 10.2. The molecule has 0 fully saturated rings. The van der Waals surface area contributed by atoms with Gasteiger partial charge in [-0.25, -0.2) is 0 Å². The summed E-state index contributed by atoms with van der Waals surface area (Å²) in [6.45, 7) is 7.60. The first-order valence-corrected chi connectivity index (χ1v) is 10.7. The summed E-state index contributed by atoms with van der Waals surface area (Å²) in [7, 11) is 0. The van der Waals surface area contributed by atoms with Crippen molar-refractivity contribution in [2.24, 2.45) is 0 Å². The van der Waals surface area contributed by atoms with E-state index in [-0.39, 0.29) is 17.2 Å². The van der Waals surface area contributed by atoms with E-state index < -0.39 is 0 Å². The third kappa shape index (κ3) is 4.44. The van der Waals surface area contributed by atoms with Crippen LogP contribution in [0.3, 0.4) is 0 Å². The third-order valence-electron chi connectivity index (χ3n) is 5.85. The van der Waals surface area contributed by atoms with Gasteiger partial charge in [0.05, 0.1) is 0 Å². The molecular weight excluding hydrogens is 414 g/mol. The Morgan fingerprint density at radius 2 is 1.03 bits per heavy atom. The topological polar surface area (TPSA) is 73.2 Å². The second-order valence-electron chi connectivity index (χ2n) is 8.23. The molecular formula is C28H27NO4. The molecule has 4 aromatic rings. The van der Waals surface area contributed by atoms with Gasteiger partial charge in [-0.1, -0.05) is 6.07 Å². The summed E-state index contributed by atoms with van der Waals surface area (Å²) in [5.74, 6) is 1.62. The van der Waals surface area contributed by atoms with Gasteiger partial charge in [-0.2, -0.15) is 0 Å². The van der Waals surface area contributed by atoms with E-state index in [2.05, 4.69) is 0 Å². The molecule has 5 nitrogen and oxygen atoms in total. The minimum absolute atomic E-state index is 0.0999. The van der Waals surface area contributed by atoms with Crippen molar-refractivity contribution in [1.29, 1.82) is 0 Å². The van der Waals surface area contributed by atoms with Gasteiger partial charge in [0, 0.05) is 17.1 Å². The number of hydrogen-bond donors (Lipinski definition) is 3. The van der Waals surface area contributed by atoms with E-state index >= 15 is 0 Å². The summed E-state index contributed by atoms with van der Waals surface area (Å²) in [5, 5.41) is 30.2. The van der Waals surface area contributed by atoms with Crippen molar-refractivity contribution in [3.63, 3.8) is 0 Å². The molecule has 0 aliphatic carbocycles. The number of rotatable bonds is 5. The van der Waals surface area contributed by atoms with Crippen molar-refractivity contribution >= 4 is 17.1 Å². The first-order valence-electron chi connectivity index (χ1n) is 10.7. The molecule has 4 aromatic carbocycles. The molecule has 0 atom stereocenters. The van der Waals surface area contributed by atoms with Crippen LogP contribution in [0.25, 0.3) is 0 Å². The SMILES string of the molecule is Cc1cc(N(c2ccc(Oc3c(O)ccc(C)c3C)cc2)c2ccc(O)c(C)c2)ccc1O. The molecule has 0 saturated carbocycles. The lowest BCUT2D eigenvalue weighted by Gasteiger charge is -2.26. The van der Waals surface area contributed by atoms with Crippen LogP contribution >= 0.6 is 0 Å². The van der Waals surface area contributed by atoms with E-state index in [0.29, 0.717) is 11.5 Å². The van der Waals surface area contributed by atoms with Gasteiger partial charge in [0.15, 0.2) is 11.5 Å². The molecule has 0 spiro atoms. The highest BCUT2D eigenvalue weighted by atomic mass is 16.5. The number of hydrogen-bond acceptors (Lipinski definition) is 5. The maximum Gasteiger partial charge on any atom is 0.172 e. The van der Waals surface area contributed by atoms with E-state index in [1.165, 1.54) is 0 Å². The van der Waals surface area contributed by atoms with Crippen LogP contribution in [0.4, 0.5) is 17.1 Å². The molecule has 168 valence electrons. The minimum atomic E-state index is 0.0999. The standard InChI is InChI=1S/C28H27NO4/c1-17-5-12-27(32)28(20(17)4)33-24-10-6-21(7-11-24)29(22-8-13-25(30)18(2)15-22)23-9-14-26(31)19(3)16-23/h5-16,30-32H,1-4H3. The number of ether oxygens (including phenoxy) is 1. The highest BCUT2D eigenvalue weighted by Gasteiger charge is 2.16. The van der Waals surface area contributed by atoms with Crippen LogP contribution < -0.4 is 9.64 Å². The van der Waals surface area contributed by atoms with E-state index in [1.54, 1.807) is 18.2 Å². The fraction of sp³-hybridized carbons (Fsp3) is 0.143. The van der Waals surface area contributed by atoms with Crippen molar-refractivity contribution in [2.75, 3.05) is 4.90 Å². The molecule has 5 heteroatoms. The summed E-state index contributed by atoms with van der Waals surface area (Å²) >= 11 is 0. The van der Waals surface area contributed by atoms with Gasteiger partial charge in [0.2, 0.25) is 0 Å². The van der Waals surface area contributed by atoms with Gasteiger partial charge < -0.3 is 25.0 Å². The zero-order valence-electron chi connectivity index (χ0n) is 19.1. The zero-order chi connectivity index (χ0) is 23.7. The Labute approximate surface area is 193 Å². The van der Waals surface area contributed by atoms with Gasteiger partial charge in [-0.3, -0.25) is 0 Å². The number of aromatic hydroxyl groups is 3. The summed E-state index contributed by atoms with van der Waals surface area (Å²) in [5.41, 5.74) is 6.07. The van der Waals surface area contributed by atoms with Crippen LogP contribution in [0.2, 0.25) is 0 Å². The Bertz CT molecular complexity index is 1260. The van der Waals surface area contributed by atoms with Gasteiger partial charge in [0.1, 0.15) is 17.2 Å². The van der Waals surface area contributed by atoms with Crippen LogP contribution in [0.15, 0.2) is 72.8 Å². The lowest BCUT2D eigenvalue weighted by molar-refractivity contribution is 0.408. The Morgan fingerprint density at radius 3 is 1.55 bits per heavy atom. The Kier molecular flexibility index (Phi) is 5.88. The van der Waals surface area contributed by atoms with Crippen molar-refractivity contribution < 1.29 is 20.1 Å². The average Bonchev–Trinajstić information content (AvgIpc) is 2.80. The van der Waals surface area contributed by atoms with Crippen LogP contribution in [-0.4, -0.2) is 15.3 Å². The average molecular weight is 442 g/mol. The summed E-state index contributed by atoms with van der Waals surface area (Å²) in [6, 6.07) is 21.9. The van der Waals surface area contributed by atoms with Crippen LogP contribution in [-0.2, 0) is 0 Å². The number of aryl methyl sites for hydroxylation is 3. The normalized spacial score (nSPS) is 10.8. The molecule has 0 aliphatic heterocycles. The molecule has 33 heavy (non-hydrogen) atoms. The van der Waals surface area contributed by atoms with Gasteiger partial charge in [-0.15, -0.1) is 0 Å². The molecule has 0 radical (unpaired) electrons. The predicted octanol–water partition coefficient (Wildman–Crippen LogP) is 7.30. The van der Waals surface area contributed by atoms with Crippen molar-refractivity contribution in [1.82, 2.24) is 0 Å². The van der Waals surface area contributed by atoms with Crippen molar-refractivity contribution in [3.05, 3.63) is 95.1 Å². The highest BCUT2D eigenvalue weighted by molar-refractivity contribution is 5.78. The number of anilines is 3. The van der Waals surface area contributed by atoms with Crippen LogP contribution in [0, 0.1) is 27.7 Å². The molecule has 0 amide bonds. The zero-order valence-corrected chi connectivity index (χ0v) is 19.1. The minimum Gasteiger partial charge on any atom is -0.508 e. The van der Waals surface area contributed by atoms with Gasteiger partial charge >= 0.3 is 0 Å². The monoisotopic (exact) mass is 441 g/mol. The Morgan fingerprint density at radius 1 is 0.545 bits per heavy atom. The van der Waals surface area contributed by atoms with E-state index in [1.807, 2.05) is 87.2 Å². The molecule has 4 rings (SSSR count). The van der Waals surface area contributed by atoms with E-state index in [9.17, 15) is 15.3 Å². The van der Waals surface area contributed by atoms with E-state index in [0.717, 1.165) is 39.3 Å². The molecule has 0 aromatic heterocycles. The Hall–Kier alpha value is -4.12. The summed E-state index contributed by atoms with van der Waals surface area (Å²) in [6.07, 6.45) is 0. The van der Waals surface area contributed by atoms with Crippen LogP contribution in [0.5, 0.6) is 28.7 Å². The first kappa shape index (κ1) is 22.1. The smallest absolute Gasteiger partial charge is 0.172 e. The molecule has 0 aliphatic rings. The quantitative estimate of drug-likeness (QED) is 0.303. The number of phenols is 3. The van der Waals surface area contributed by atoms with Crippen molar-refractivity contribution in [3.8, 4) is 28.7 Å². The molecule has 0 saturated heterocycles. The lowest BCUT2D eigenvalue weighted by atomic mass is 10.1. The first-order chi connectivity index (χ1) is 15.7. The molecule has 0 heterocycles. The van der Waals surface area contributed by atoms with Crippen molar-refractivity contribution in [2.45, 2.75) is 27.7 Å². The van der Waals surface area contributed by atoms with Gasteiger partial charge in [-0.05, 0) is 117 Å². The van der Waals surface area contributed by atoms with Crippen LogP contribution in [0.1, 0.15) is 22.3 Å². The third-order valence-corrected chi connectivity index (χ3v) is 5.85. The number of nitrogens with zero attached hydrogens (tertiary/aromatic N) is 1. The number of phenolic OH excluding ortho intramolecular Hbond substituents is 3. The highest BCUT2D eigenvalue weighted by Crippen LogP contribution is 2.40. The molecule has 0 unspecified atom stereocenters. The Balaban J connectivity index is 1.74.